The van der Waals surface area contributed by atoms with Gasteiger partial charge in [0.2, 0.25) is 5.91 Å². The van der Waals surface area contributed by atoms with E-state index in [0.29, 0.717) is 23.3 Å². The number of aromatic nitrogens is 2. The first kappa shape index (κ1) is 22.6. The number of hydrogen-bond acceptors (Lipinski definition) is 5. The van der Waals surface area contributed by atoms with Crippen molar-refractivity contribution in [1.82, 2.24) is 14.9 Å². The Hall–Kier alpha value is -4.20. The first-order valence-electron chi connectivity index (χ1n) is 11.5. The van der Waals surface area contributed by atoms with Crippen LogP contribution in [-0.4, -0.2) is 22.0 Å². The molecule has 0 saturated carbocycles. The van der Waals surface area contributed by atoms with E-state index in [1.165, 1.54) is 12.1 Å². The maximum atomic E-state index is 13.4. The van der Waals surface area contributed by atoms with E-state index >= 15 is 0 Å². The third-order valence-electron chi connectivity index (χ3n) is 6.21. The monoisotopic (exact) mass is 473 g/mol. The molecule has 0 radical (unpaired) electrons. The van der Waals surface area contributed by atoms with Crippen LogP contribution in [0.1, 0.15) is 24.0 Å². The van der Waals surface area contributed by atoms with Crippen molar-refractivity contribution in [1.29, 1.82) is 0 Å². The Morgan fingerprint density at radius 1 is 1.14 bits per heavy atom. The van der Waals surface area contributed by atoms with Gasteiger partial charge in [-0.3, -0.25) is 4.79 Å². The van der Waals surface area contributed by atoms with Gasteiger partial charge in [-0.1, -0.05) is 12.1 Å². The fourth-order valence-electron chi connectivity index (χ4n) is 4.29. The molecule has 0 atom stereocenters. The third-order valence-corrected chi connectivity index (χ3v) is 6.21. The van der Waals surface area contributed by atoms with Crippen molar-refractivity contribution in [3.63, 3.8) is 0 Å². The van der Waals surface area contributed by atoms with Crippen molar-refractivity contribution in [3.8, 4) is 11.1 Å². The Bertz CT molecular complexity index is 1550. The van der Waals surface area contributed by atoms with Crippen molar-refractivity contribution < 1.29 is 18.0 Å². The highest BCUT2D eigenvalue weighted by molar-refractivity contribution is 6.02. The van der Waals surface area contributed by atoms with Crippen LogP contribution in [0.15, 0.2) is 75.0 Å². The van der Waals surface area contributed by atoms with E-state index in [1.807, 2.05) is 23.8 Å². The van der Waals surface area contributed by atoms with Gasteiger partial charge in [-0.05, 0) is 49.1 Å². The summed E-state index contributed by atoms with van der Waals surface area (Å²) in [6, 6.07) is 9.82. The minimum absolute atomic E-state index is 0.113. The summed E-state index contributed by atoms with van der Waals surface area (Å²) < 4.78 is 26.6. The smallest absolute Gasteiger partial charge is 0.339 e. The topological polar surface area (TPSA) is 90.3 Å². The summed E-state index contributed by atoms with van der Waals surface area (Å²) in [5, 5.41) is 4.51. The number of benzene rings is 2. The summed E-state index contributed by atoms with van der Waals surface area (Å²) in [6.07, 6.45) is 8.21. The van der Waals surface area contributed by atoms with Gasteiger partial charge in [-0.25, -0.2) is 14.2 Å². The molecule has 0 aliphatic carbocycles. The average molecular weight is 474 g/mol. The van der Waals surface area contributed by atoms with Gasteiger partial charge in [-0.2, -0.15) is 0 Å². The lowest BCUT2D eigenvalue weighted by Gasteiger charge is -2.09. The third kappa shape index (κ3) is 4.73. The largest absolute Gasteiger partial charge is 0.464 e. The molecule has 0 spiro atoms. The van der Waals surface area contributed by atoms with E-state index in [-0.39, 0.29) is 24.6 Å². The quantitative estimate of drug-likeness (QED) is 0.253. The number of hydrogen-bond donors (Lipinski definition) is 1. The van der Waals surface area contributed by atoms with E-state index in [1.54, 1.807) is 37.0 Å². The zero-order valence-electron chi connectivity index (χ0n) is 19.2. The van der Waals surface area contributed by atoms with Crippen LogP contribution in [0.4, 0.5) is 4.39 Å². The molecule has 7 nitrogen and oxygen atoms in total. The van der Waals surface area contributed by atoms with Gasteiger partial charge < -0.3 is 18.7 Å². The van der Waals surface area contributed by atoms with Crippen molar-refractivity contribution in [2.24, 2.45) is 0 Å². The summed E-state index contributed by atoms with van der Waals surface area (Å²) in [6.45, 7) is 3.18. The van der Waals surface area contributed by atoms with Gasteiger partial charge >= 0.3 is 5.63 Å². The second kappa shape index (κ2) is 9.58. The highest BCUT2D eigenvalue weighted by atomic mass is 19.1. The maximum absolute atomic E-state index is 13.4. The molecule has 1 amide bonds. The first-order valence-corrected chi connectivity index (χ1v) is 11.5. The molecule has 5 rings (SSSR count). The lowest BCUT2D eigenvalue weighted by Crippen LogP contribution is -2.26. The van der Waals surface area contributed by atoms with E-state index < -0.39 is 5.63 Å². The Morgan fingerprint density at radius 2 is 1.97 bits per heavy atom. The van der Waals surface area contributed by atoms with E-state index in [9.17, 15) is 14.0 Å². The molecule has 0 aliphatic heterocycles. The zero-order chi connectivity index (χ0) is 24.4. The number of aryl methyl sites for hydroxylation is 2. The Kier molecular flexibility index (Phi) is 6.18. The maximum Gasteiger partial charge on any atom is 0.339 e. The molecule has 8 heteroatoms. The summed E-state index contributed by atoms with van der Waals surface area (Å²) in [5.74, 6) is -0.421. The van der Waals surface area contributed by atoms with Crippen LogP contribution >= 0.6 is 0 Å². The van der Waals surface area contributed by atoms with Gasteiger partial charge in [0.05, 0.1) is 12.6 Å². The van der Waals surface area contributed by atoms with E-state index in [0.717, 1.165) is 40.4 Å². The van der Waals surface area contributed by atoms with Crippen LogP contribution in [0.3, 0.4) is 0 Å². The van der Waals surface area contributed by atoms with Gasteiger partial charge in [0.1, 0.15) is 17.0 Å². The predicted molar refractivity (Wildman–Crippen MR) is 131 cm³/mol. The van der Waals surface area contributed by atoms with Gasteiger partial charge in [0.25, 0.3) is 0 Å². The zero-order valence-corrected chi connectivity index (χ0v) is 19.2. The molecule has 5 aromatic rings. The van der Waals surface area contributed by atoms with Crippen molar-refractivity contribution in [2.45, 2.75) is 32.7 Å². The molecule has 1 N–H and O–H groups in total. The number of nitrogens with one attached hydrogen (secondary N) is 1. The number of carbonyl (C=O) groups excluding carboxylic acids is 1. The van der Waals surface area contributed by atoms with Gasteiger partial charge in [0.15, 0.2) is 0 Å². The van der Waals surface area contributed by atoms with E-state index in [2.05, 4.69) is 10.3 Å². The fraction of sp³-hybridized carbons (Fsp3) is 0.222. The number of fused-ring (bicyclic) bond motifs is 2. The summed E-state index contributed by atoms with van der Waals surface area (Å²) in [5.41, 5.74) is 3.45. The second-order valence-electron chi connectivity index (χ2n) is 8.50. The van der Waals surface area contributed by atoms with Crippen LogP contribution < -0.4 is 10.9 Å². The van der Waals surface area contributed by atoms with Gasteiger partial charge in [0, 0.05) is 59.9 Å². The molecular weight excluding hydrogens is 449 g/mol. The normalized spacial score (nSPS) is 11.4. The highest BCUT2D eigenvalue weighted by Crippen LogP contribution is 2.34. The van der Waals surface area contributed by atoms with Crippen LogP contribution in [-0.2, 0) is 17.8 Å². The molecule has 3 aromatic heterocycles. The Morgan fingerprint density at radius 3 is 2.74 bits per heavy atom. The molecule has 0 unspecified atom stereocenters. The molecule has 0 saturated heterocycles. The predicted octanol–water partition coefficient (Wildman–Crippen LogP) is 4.99. The average Bonchev–Trinajstić information content (AvgIpc) is 3.51. The van der Waals surface area contributed by atoms with Crippen molar-refractivity contribution in [3.05, 3.63) is 88.7 Å². The lowest BCUT2D eigenvalue weighted by atomic mass is 9.99. The SMILES string of the molecule is Cc1c(CCC(=O)NCCCn2ccnc2)c(=O)oc2cc3occ(-c4ccc(F)cc4)c3cc12. The number of nitrogens with zero attached hydrogens (tertiary/aromatic N) is 2. The molecule has 178 valence electrons. The first-order chi connectivity index (χ1) is 17.0. The fourth-order valence-corrected chi connectivity index (χ4v) is 4.29. The second-order valence-corrected chi connectivity index (χ2v) is 8.50. The number of imidazole rings is 1. The number of carbonyl (C=O) groups is 1. The van der Waals surface area contributed by atoms with Crippen molar-refractivity contribution in [2.75, 3.05) is 6.54 Å². The summed E-state index contributed by atoms with van der Waals surface area (Å²) >= 11 is 0. The number of halogens is 1. The van der Waals surface area contributed by atoms with Crippen molar-refractivity contribution >= 4 is 27.8 Å². The summed E-state index contributed by atoms with van der Waals surface area (Å²) in [7, 11) is 0. The number of amides is 1. The van der Waals surface area contributed by atoms with Crippen LogP contribution in [0.25, 0.3) is 33.1 Å². The molecule has 0 fully saturated rings. The molecule has 3 heterocycles. The van der Waals surface area contributed by atoms with Crippen LogP contribution in [0, 0.1) is 12.7 Å². The van der Waals surface area contributed by atoms with Crippen LogP contribution in [0.5, 0.6) is 0 Å². The molecule has 2 aromatic carbocycles. The minimum Gasteiger partial charge on any atom is -0.464 e. The molecule has 0 aliphatic rings. The van der Waals surface area contributed by atoms with Gasteiger partial charge in [-0.15, -0.1) is 0 Å². The Labute approximate surface area is 200 Å². The molecule has 35 heavy (non-hydrogen) atoms. The number of rotatable bonds is 8. The van der Waals surface area contributed by atoms with Crippen LogP contribution in [0.2, 0.25) is 0 Å². The minimum atomic E-state index is -0.451. The highest BCUT2D eigenvalue weighted by Gasteiger charge is 2.16. The lowest BCUT2D eigenvalue weighted by molar-refractivity contribution is -0.121. The molecule has 0 bridgehead atoms. The Balaban J connectivity index is 1.34. The summed E-state index contributed by atoms with van der Waals surface area (Å²) in [4.78, 5) is 29.0. The standard InChI is InChI=1S/C27H24FN3O4/c1-17-20(7-8-26(32)30-9-2-11-31-12-10-29-16-31)27(33)35-25-14-24-22(13-21(17)25)23(15-34-24)18-3-5-19(28)6-4-18/h3-6,10,12-16H,2,7-9,11H2,1H3,(H,30,32). The number of furan rings is 1. The van der Waals surface area contributed by atoms with E-state index in [4.69, 9.17) is 8.83 Å². The molecular formula is C27H24FN3O4.